The Morgan fingerprint density at radius 2 is 1.85 bits per heavy atom. The smallest absolute Gasteiger partial charge is 0.161 e. The van der Waals surface area contributed by atoms with E-state index in [1.54, 1.807) is 25.3 Å². The minimum Gasteiger partial charge on any atom is -0.493 e. The summed E-state index contributed by atoms with van der Waals surface area (Å²) < 4.78 is 23.6. The molecule has 2 aromatic carbocycles. The Balaban J connectivity index is 2.11. The highest BCUT2D eigenvalue weighted by Crippen LogP contribution is 2.30. The molecule has 0 fully saturated rings. The highest BCUT2D eigenvalue weighted by atomic mass is 19.1. The van der Waals surface area contributed by atoms with Crippen LogP contribution in [0.2, 0.25) is 0 Å². The van der Waals surface area contributed by atoms with Crippen molar-refractivity contribution in [3.05, 3.63) is 59.7 Å². The van der Waals surface area contributed by atoms with Crippen LogP contribution in [0.15, 0.2) is 48.5 Å². The zero-order chi connectivity index (χ0) is 14.4. The quantitative estimate of drug-likeness (QED) is 0.880. The maximum Gasteiger partial charge on any atom is 0.161 e. The van der Waals surface area contributed by atoms with Crippen molar-refractivity contribution in [1.82, 2.24) is 0 Å². The van der Waals surface area contributed by atoms with E-state index in [-0.39, 0.29) is 0 Å². The van der Waals surface area contributed by atoms with Gasteiger partial charge in [0, 0.05) is 0 Å². The normalized spacial score (nSPS) is 11.9. The summed E-state index contributed by atoms with van der Waals surface area (Å²) in [5, 5.41) is 0. The van der Waals surface area contributed by atoms with Gasteiger partial charge < -0.3 is 15.2 Å². The van der Waals surface area contributed by atoms with Crippen molar-refractivity contribution in [3.8, 4) is 11.5 Å². The van der Waals surface area contributed by atoms with Gasteiger partial charge in [-0.05, 0) is 23.3 Å². The topological polar surface area (TPSA) is 44.5 Å². The molecule has 2 aromatic rings. The van der Waals surface area contributed by atoms with Crippen LogP contribution in [0.3, 0.4) is 0 Å². The maximum atomic E-state index is 12.6. The predicted octanol–water partition coefficient (Wildman–Crippen LogP) is 3.24. The number of ether oxygens (including phenoxy) is 2. The fourth-order valence-corrected chi connectivity index (χ4v) is 1.86. The molecule has 3 nitrogen and oxygen atoms in total. The van der Waals surface area contributed by atoms with Gasteiger partial charge in [0.25, 0.3) is 0 Å². The summed E-state index contributed by atoms with van der Waals surface area (Å²) in [4.78, 5) is 0. The second kappa shape index (κ2) is 6.91. The maximum absolute atomic E-state index is 12.6. The van der Waals surface area contributed by atoms with Crippen LogP contribution in [0, 0.1) is 0 Å². The van der Waals surface area contributed by atoms with Gasteiger partial charge in [-0.1, -0.05) is 36.4 Å². The van der Waals surface area contributed by atoms with Crippen molar-refractivity contribution < 1.29 is 13.9 Å². The molecule has 0 unspecified atom stereocenters. The first-order chi connectivity index (χ1) is 9.74. The van der Waals surface area contributed by atoms with Crippen LogP contribution in [0.5, 0.6) is 11.5 Å². The van der Waals surface area contributed by atoms with Gasteiger partial charge in [0.05, 0.1) is 13.2 Å². The summed E-state index contributed by atoms with van der Waals surface area (Å²) >= 11 is 0. The SMILES string of the molecule is COc1cc([C@@H](N)CF)ccc1OCc1ccccc1. The zero-order valence-electron chi connectivity index (χ0n) is 11.4. The van der Waals surface area contributed by atoms with E-state index in [4.69, 9.17) is 15.2 Å². The molecule has 0 aliphatic heterocycles. The van der Waals surface area contributed by atoms with Crippen molar-refractivity contribution in [2.75, 3.05) is 13.8 Å². The monoisotopic (exact) mass is 275 g/mol. The number of hydrogen-bond donors (Lipinski definition) is 1. The molecule has 4 heteroatoms. The van der Waals surface area contributed by atoms with Crippen LogP contribution in [-0.2, 0) is 6.61 Å². The number of nitrogens with two attached hydrogens (primary N) is 1. The van der Waals surface area contributed by atoms with E-state index < -0.39 is 12.7 Å². The molecule has 0 bridgehead atoms. The molecule has 106 valence electrons. The molecule has 2 N–H and O–H groups in total. The van der Waals surface area contributed by atoms with Crippen molar-refractivity contribution in [3.63, 3.8) is 0 Å². The van der Waals surface area contributed by atoms with E-state index in [0.717, 1.165) is 5.56 Å². The summed E-state index contributed by atoms with van der Waals surface area (Å²) in [5.74, 6) is 1.17. The third-order valence-corrected chi connectivity index (χ3v) is 3.02. The lowest BCUT2D eigenvalue weighted by Crippen LogP contribution is -2.12. The highest BCUT2D eigenvalue weighted by molar-refractivity contribution is 5.44. The molecular formula is C16H18FNO2. The fraction of sp³-hybridized carbons (Fsp3) is 0.250. The lowest BCUT2D eigenvalue weighted by Gasteiger charge is -2.14. The Hall–Kier alpha value is -2.07. The predicted molar refractivity (Wildman–Crippen MR) is 76.7 cm³/mol. The van der Waals surface area contributed by atoms with Crippen LogP contribution in [-0.4, -0.2) is 13.8 Å². The lowest BCUT2D eigenvalue weighted by molar-refractivity contribution is 0.284. The third kappa shape index (κ3) is 3.48. The molecule has 0 saturated carbocycles. The van der Waals surface area contributed by atoms with Gasteiger partial charge in [-0.2, -0.15) is 0 Å². The molecule has 0 radical (unpaired) electrons. The molecular weight excluding hydrogens is 257 g/mol. The second-order valence-electron chi connectivity index (χ2n) is 4.45. The first-order valence-electron chi connectivity index (χ1n) is 6.40. The summed E-state index contributed by atoms with van der Waals surface area (Å²) in [6, 6.07) is 14.4. The Bertz CT molecular complexity index is 545. The van der Waals surface area contributed by atoms with Gasteiger partial charge in [0.2, 0.25) is 0 Å². The number of methoxy groups -OCH3 is 1. The first-order valence-corrected chi connectivity index (χ1v) is 6.40. The number of alkyl halides is 1. The average molecular weight is 275 g/mol. The molecule has 0 amide bonds. The Kier molecular flexibility index (Phi) is 4.96. The van der Waals surface area contributed by atoms with Gasteiger partial charge >= 0.3 is 0 Å². The van der Waals surface area contributed by atoms with E-state index >= 15 is 0 Å². The summed E-state index contributed by atoms with van der Waals surface area (Å²) in [6.45, 7) is -0.154. The Morgan fingerprint density at radius 3 is 2.50 bits per heavy atom. The average Bonchev–Trinajstić information content (AvgIpc) is 2.53. The van der Waals surface area contributed by atoms with E-state index in [1.165, 1.54) is 0 Å². The zero-order valence-corrected chi connectivity index (χ0v) is 11.4. The molecule has 1 atom stereocenters. The summed E-state index contributed by atoms with van der Waals surface area (Å²) in [7, 11) is 1.55. The van der Waals surface area contributed by atoms with Crippen molar-refractivity contribution in [2.24, 2.45) is 5.73 Å². The van der Waals surface area contributed by atoms with Crippen molar-refractivity contribution in [2.45, 2.75) is 12.6 Å². The molecule has 0 saturated heterocycles. The minimum atomic E-state index is -0.632. The number of rotatable bonds is 6. The van der Waals surface area contributed by atoms with Crippen LogP contribution in [0.4, 0.5) is 4.39 Å². The largest absolute Gasteiger partial charge is 0.493 e. The molecule has 2 rings (SSSR count). The summed E-state index contributed by atoms with van der Waals surface area (Å²) in [6.07, 6.45) is 0. The van der Waals surface area contributed by atoms with E-state index in [9.17, 15) is 4.39 Å². The molecule has 0 aliphatic carbocycles. The van der Waals surface area contributed by atoms with Crippen LogP contribution >= 0.6 is 0 Å². The second-order valence-corrected chi connectivity index (χ2v) is 4.45. The van der Waals surface area contributed by atoms with Gasteiger partial charge in [-0.3, -0.25) is 0 Å². The van der Waals surface area contributed by atoms with Gasteiger partial charge in [-0.25, -0.2) is 4.39 Å². The first kappa shape index (κ1) is 14.3. The third-order valence-electron chi connectivity index (χ3n) is 3.02. The Labute approximate surface area is 118 Å². The van der Waals surface area contributed by atoms with Crippen molar-refractivity contribution in [1.29, 1.82) is 0 Å². The number of halogens is 1. The lowest BCUT2D eigenvalue weighted by atomic mass is 10.1. The van der Waals surface area contributed by atoms with Gasteiger partial charge in [0.1, 0.15) is 13.3 Å². The fourth-order valence-electron chi connectivity index (χ4n) is 1.86. The van der Waals surface area contributed by atoms with Gasteiger partial charge in [-0.15, -0.1) is 0 Å². The molecule has 0 heterocycles. The minimum absolute atomic E-state index is 0.450. The summed E-state index contributed by atoms with van der Waals surface area (Å²) in [5.41, 5.74) is 7.42. The standard InChI is InChI=1S/C16H18FNO2/c1-19-16-9-13(14(18)10-17)7-8-15(16)20-11-12-5-3-2-4-6-12/h2-9,14H,10-11,18H2,1H3/t14-/m0/s1. The molecule has 0 spiro atoms. The van der Waals surface area contributed by atoms with Crippen LogP contribution < -0.4 is 15.2 Å². The van der Waals surface area contributed by atoms with Gasteiger partial charge in [0.15, 0.2) is 11.5 Å². The Morgan fingerprint density at radius 1 is 1.10 bits per heavy atom. The van der Waals surface area contributed by atoms with Crippen LogP contribution in [0.25, 0.3) is 0 Å². The number of benzene rings is 2. The van der Waals surface area contributed by atoms with Crippen LogP contribution in [0.1, 0.15) is 17.2 Å². The number of hydrogen-bond acceptors (Lipinski definition) is 3. The van der Waals surface area contributed by atoms with E-state index in [1.807, 2.05) is 30.3 Å². The van der Waals surface area contributed by atoms with E-state index in [0.29, 0.717) is 23.7 Å². The van der Waals surface area contributed by atoms with E-state index in [2.05, 4.69) is 0 Å². The van der Waals surface area contributed by atoms with Crippen molar-refractivity contribution >= 4 is 0 Å². The molecule has 20 heavy (non-hydrogen) atoms. The molecule has 0 aromatic heterocycles. The highest BCUT2D eigenvalue weighted by Gasteiger charge is 2.11. The molecule has 0 aliphatic rings.